The van der Waals surface area contributed by atoms with Gasteiger partial charge in [-0.15, -0.1) is 11.3 Å². The zero-order valence-corrected chi connectivity index (χ0v) is 21.4. The molecule has 9 heteroatoms. The van der Waals surface area contributed by atoms with Crippen molar-refractivity contribution in [1.82, 2.24) is 15.0 Å². The summed E-state index contributed by atoms with van der Waals surface area (Å²) >= 11 is 1.30. The van der Waals surface area contributed by atoms with Crippen molar-refractivity contribution in [3.63, 3.8) is 0 Å². The minimum atomic E-state index is -4.53. The van der Waals surface area contributed by atoms with E-state index in [0.29, 0.717) is 10.8 Å². The van der Waals surface area contributed by atoms with Crippen LogP contribution in [0.3, 0.4) is 0 Å². The summed E-state index contributed by atoms with van der Waals surface area (Å²) in [4.78, 5) is 13.1. The summed E-state index contributed by atoms with van der Waals surface area (Å²) in [6.07, 6.45) is 4.87. The molecule has 5 nitrogen and oxygen atoms in total. The Bertz CT molecular complexity index is 1280. The number of nitrogens with zero attached hydrogens (tertiary/aromatic N) is 3. The number of ether oxygens (including phenoxy) is 1. The van der Waals surface area contributed by atoms with E-state index in [1.54, 1.807) is 12.3 Å². The van der Waals surface area contributed by atoms with Crippen molar-refractivity contribution >= 4 is 22.2 Å². The molecule has 0 fully saturated rings. The van der Waals surface area contributed by atoms with Crippen LogP contribution in [0.15, 0.2) is 66.4 Å². The van der Waals surface area contributed by atoms with Gasteiger partial charge < -0.3 is 10.1 Å². The third kappa shape index (κ3) is 7.29. The van der Waals surface area contributed by atoms with Crippen LogP contribution in [0.25, 0.3) is 22.5 Å². The largest absolute Gasteiger partial charge is 0.493 e. The van der Waals surface area contributed by atoms with Gasteiger partial charge in [-0.25, -0.2) is 15.0 Å². The molecule has 0 spiro atoms. The van der Waals surface area contributed by atoms with Gasteiger partial charge in [0.25, 0.3) is 0 Å². The van der Waals surface area contributed by atoms with Crippen LogP contribution in [0, 0.1) is 0 Å². The second-order valence-electron chi connectivity index (χ2n) is 8.64. The fraction of sp³-hybridized carbons (Fsp3) is 0.321. The predicted octanol–water partition coefficient (Wildman–Crippen LogP) is 8.77. The number of hydrogen-bond donors (Lipinski definition) is 1. The summed E-state index contributed by atoms with van der Waals surface area (Å²) < 4.78 is 46.9. The van der Waals surface area contributed by atoms with E-state index in [-0.39, 0.29) is 18.0 Å². The zero-order valence-electron chi connectivity index (χ0n) is 20.6. The number of anilines is 2. The van der Waals surface area contributed by atoms with Crippen LogP contribution in [0.4, 0.5) is 24.0 Å². The van der Waals surface area contributed by atoms with Gasteiger partial charge in [0.15, 0.2) is 5.13 Å². The SMILES string of the molecule is CCCCCCCCOc1ccc(Nc2nc(-c3cncnc3-c3ccccc3)cs2)cc1C(F)(F)F. The summed E-state index contributed by atoms with van der Waals surface area (Å²) in [6, 6.07) is 13.7. The number of rotatable bonds is 12. The molecule has 0 aliphatic carbocycles. The third-order valence-corrected chi connectivity index (χ3v) is 6.59. The third-order valence-electron chi connectivity index (χ3n) is 5.83. The number of alkyl halides is 3. The van der Waals surface area contributed by atoms with Crippen LogP contribution in [0.1, 0.15) is 51.0 Å². The van der Waals surface area contributed by atoms with E-state index in [2.05, 4.69) is 27.2 Å². The summed E-state index contributed by atoms with van der Waals surface area (Å²) in [6.45, 7) is 2.41. The van der Waals surface area contributed by atoms with Crippen molar-refractivity contribution in [2.75, 3.05) is 11.9 Å². The first-order valence-electron chi connectivity index (χ1n) is 12.4. The highest BCUT2D eigenvalue weighted by Crippen LogP contribution is 2.39. The molecule has 2 aromatic carbocycles. The molecule has 0 bridgehead atoms. The second-order valence-corrected chi connectivity index (χ2v) is 9.50. The van der Waals surface area contributed by atoms with Gasteiger partial charge in [-0.05, 0) is 24.6 Å². The average Bonchev–Trinajstić information content (AvgIpc) is 3.37. The Morgan fingerprint density at radius 3 is 2.54 bits per heavy atom. The van der Waals surface area contributed by atoms with E-state index in [1.165, 1.54) is 30.2 Å². The molecule has 0 radical (unpaired) electrons. The normalized spacial score (nSPS) is 11.5. The fourth-order valence-electron chi connectivity index (χ4n) is 3.94. The Hall–Kier alpha value is -3.46. The molecule has 0 saturated carbocycles. The summed E-state index contributed by atoms with van der Waals surface area (Å²) in [5.41, 5.74) is 2.53. The van der Waals surface area contributed by atoms with Gasteiger partial charge in [0.2, 0.25) is 0 Å². The molecule has 2 aromatic heterocycles. The number of nitrogens with one attached hydrogen (secondary N) is 1. The maximum absolute atomic E-state index is 13.8. The maximum atomic E-state index is 13.8. The Kier molecular flexibility index (Phi) is 9.11. The van der Waals surface area contributed by atoms with E-state index in [0.717, 1.165) is 55.0 Å². The monoisotopic (exact) mass is 526 g/mol. The molecule has 0 amide bonds. The molecule has 0 atom stereocenters. The van der Waals surface area contributed by atoms with Crippen LogP contribution in [-0.2, 0) is 6.18 Å². The smallest absolute Gasteiger partial charge is 0.420 e. The van der Waals surface area contributed by atoms with Gasteiger partial charge >= 0.3 is 6.18 Å². The number of aromatic nitrogens is 3. The number of benzene rings is 2. The van der Waals surface area contributed by atoms with Gasteiger partial charge in [0, 0.05) is 28.4 Å². The molecule has 0 unspecified atom stereocenters. The van der Waals surface area contributed by atoms with Gasteiger partial charge in [0.1, 0.15) is 12.1 Å². The van der Waals surface area contributed by atoms with E-state index in [1.807, 2.05) is 35.7 Å². The quantitative estimate of drug-likeness (QED) is 0.187. The number of unbranched alkanes of at least 4 members (excludes halogenated alkanes) is 5. The molecule has 0 aliphatic heterocycles. The lowest BCUT2D eigenvalue weighted by Gasteiger charge is -2.15. The van der Waals surface area contributed by atoms with Crippen molar-refractivity contribution in [1.29, 1.82) is 0 Å². The molecule has 2 heterocycles. The van der Waals surface area contributed by atoms with Crippen molar-refractivity contribution in [3.05, 3.63) is 72.0 Å². The van der Waals surface area contributed by atoms with Crippen molar-refractivity contribution < 1.29 is 17.9 Å². The van der Waals surface area contributed by atoms with Crippen LogP contribution < -0.4 is 10.1 Å². The van der Waals surface area contributed by atoms with Crippen LogP contribution in [0.2, 0.25) is 0 Å². The Morgan fingerprint density at radius 1 is 0.973 bits per heavy atom. The lowest BCUT2D eigenvalue weighted by Crippen LogP contribution is -2.10. The minimum Gasteiger partial charge on any atom is -0.493 e. The lowest BCUT2D eigenvalue weighted by molar-refractivity contribution is -0.138. The molecule has 194 valence electrons. The Labute approximate surface area is 218 Å². The summed E-state index contributed by atoms with van der Waals surface area (Å²) in [5, 5.41) is 5.29. The van der Waals surface area contributed by atoms with E-state index < -0.39 is 11.7 Å². The lowest BCUT2D eigenvalue weighted by atomic mass is 10.1. The first-order chi connectivity index (χ1) is 18.0. The van der Waals surface area contributed by atoms with E-state index in [9.17, 15) is 13.2 Å². The van der Waals surface area contributed by atoms with Crippen molar-refractivity contribution in [2.45, 2.75) is 51.6 Å². The second kappa shape index (κ2) is 12.7. The van der Waals surface area contributed by atoms with Gasteiger partial charge in [-0.3, -0.25) is 0 Å². The topological polar surface area (TPSA) is 59.9 Å². The summed E-state index contributed by atoms with van der Waals surface area (Å²) in [5.74, 6) is -0.152. The number of hydrogen-bond acceptors (Lipinski definition) is 6. The molecule has 4 aromatic rings. The Morgan fingerprint density at radius 2 is 1.76 bits per heavy atom. The molecule has 37 heavy (non-hydrogen) atoms. The minimum absolute atomic E-state index is 0.152. The highest BCUT2D eigenvalue weighted by Gasteiger charge is 2.34. The fourth-order valence-corrected chi connectivity index (χ4v) is 4.67. The van der Waals surface area contributed by atoms with Crippen LogP contribution in [0.5, 0.6) is 5.75 Å². The first kappa shape index (κ1) is 26.6. The van der Waals surface area contributed by atoms with Gasteiger partial charge in [0.05, 0.1) is 23.6 Å². The summed E-state index contributed by atoms with van der Waals surface area (Å²) in [7, 11) is 0. The highest BCUT2D eigenvalue weighted by molar-refractivity contribution is 7.14. The molecule has 1 N–H and O–H groups in total. The number of thiazole rings is 1. The van der Waals surface area contributed by atoms with Gasteiger partial charge in [-0.2, -0.15) is 13.2 Å². The van der Waals surface area contributed by atoms with Crippen LogP contribution >= 0.6 is 11.3 Å². The molecular weight excluding hydrogens is 497 g/mol. The molecule has 4 rings (SSSR count). The van der Waals surface area contributed by atoms with Gasteiger partial charge in [-0.1, -0.05) is 69.4 Å². The van der Waals surface area contributed by atoms with E-state index in [4.69, 9.17) is 4.74 Å². The molecule has 0 aliphatic rings. The predicted molar refractivity (Wildman–Crippen MR) is 142 cm³/mol. The molecular formula is C28H29F3N4OS. The van der Waals surface area contributed by atoms with Crippen molar-refractivity contribution in [2.24, 2.45) is 0 Å². The number of halogens is 3. The Balaban J connectivity index is 1.46. The average molecular weight is 527 g/mol. The zero-order chi connectivity index (χ0) is 26.1. The molecule has 0 saturated heterocycles. The highest BCUT2D eigenvalue weighted by atomic mass is 32.1. The van der Waals surface area contributed by atoms with Crippen molar-refractivity contribution in [3.8, 4) is 28.3 Å². The first-order valence-corrected chi connectivity index (χ1v) is 13.3. The standard InChI is InChI=1S/C28H29F3N4OS/c1-2-3-4-5-6-10-15-36-25-14-13-21(16-23(25)28(29,30)31)34-27-35-24(18-37-27)22-17-32-19-33-26(22)20-11-8-7-9-12-20/h7-9,11-14,16-19H,2-6,10,15H2,1H3,(H,34,35). The van der Waals surface area contributed by atoms with E-state index >= 15 is 0 Å². The maximum Gasteiger partial charge on any atom is 0.420 e. The van der Waals surface area contributed by atoms with Crippen LogP contribution in [-0.4, -0.2) is 21.6 Å².